The molecule has 0 amide bonds. The number of nitrogens with two attached hydrogens (primary N) is 1. The number of thioether (sulfide) groups is 2. The maximum atomic E-state index is 14.2. The SMILES string of the molecule is N=Cc1c(F)cc(SC(=O)c2ccccc2)cc1N=C(N)SC(=N)C(F)F. The fourth-order valence-electron chi connectivity index (χ4n) is 1.91. The molecule has 4 N–H and O–H groups in total. The molecule has 0 bridgehead atoms. The van der Waals surface area contributed by atoms with Crippen molar-refractivity contribution < 1.29 is 18.0 Å². The Balaban J connectivity index is 2.33. The number of carbonyl (C=O) groups excluding carboxylic acids is 1. The maximum Gasteiger partial charge on any atom is 0.286 e. The largest absolute Gasteiger partial charge is 0.378 e. The normalized spacial score (nSPS) is 11.5. The summed E-state index contributed by atoms with van der Waals surface area (Å²) in [6, 6.07) is 10.8. The van der Waals surface area contributed by atoms with Crippen LogP contribution in [-0.2, 0) is 0 Å². The van der Waals surface area contributed by atoms with Gasteiger partial charge in [0.1, 0.15) is 10.9 Å². The highest BCUT2D eigenvalue weighted by molar-refractivity contribution is 8.26. The fourth-order valence-corrected chi connectivity index (χ4v) is 3.17. The minimum atomic E-state index is -3.01. The molecular formula is C17H13F3N4OS2. The van der Waals surface area contributed by atoms with Crippen molar-refractivity contribution in [1.29, 1.82) is 10.8 Å². The Kier molecular flexibility index (Phi) is 7.19. The molecule has 0 fully saturated rings. The highest BCUT2D eigenvalue weighted by atomic mass is 32.2. The van der Waals surface area contributed by atoms with E-state index in [1.807, 2.05) is 0 Å². The van der Waals surface area contributed by atoms with Gasteiger partial charge in [0.15, 0.2) is 5.17 Å². The zero-order chi connectivity index (χ0) is 20.0. The van der Waals surface area contributed by atoms with Crippen LogP contribution in [-0.4, -0.2) is 28.0 Å². The lowest BCUT2D eigenvalue weighted by atomic mass is 10.2. The first-order valence-electron chi connectivity index (χ1n) is 7.31. The minimum Gasteiger partial charge on any atom is -0.378 e. The third kappa shape index (κ3) is 5.69. The molecule has 0 aliphatic carbocycles. The Morgan fingerprint density at radius 3 is 2.48 bits per heavy atom. The van der Waals surface area contributed by atoms with Crippen molar-refractivity contribution in [3.8, 4) is 0 Å². The molecule has 0 heterocycles. The second-order valence-corrected chi connectivity index (χ2v) is 7.06. The Morgan fingerprint density at radius 1 is 1.22 bits per heavy atom. The van der Waals surface area contributed by atoms with Gasteiger partial charge in [0.2, 0.25) is 5.12 Å². The Bertz CT molecular complexity index is 905. The highest BCUT2D eigenvalue weighted by Crippen LogP contribution is 2.31. The van der Waals surface area contributed by atoms with Crippen molar-refractivity contribution in [2.45, 2.75) is 11.3 Å². The number of halogens is 3. The van der Waals surface area contributed by atoms with Crippen molar-refractivity contribution in [2.75, 3.05) is 0 Å². The summed E-state index contributed by atoms with van der Waals surface area (Å²) < 4.78 is 39.1. The van der Waals surface area contributed by atoms with Crippen LogP contribution in [0.25, 0.3) is 0 Å². The summed E-state index contributed by atoms with van der Waals surface area (Å²) in [5, 5.41) is 12.7. The first kappa shape index (κ1) is 20.7. The molecule has 0 radical (unpaired) electrons. The number of benzene rings is 2. The first-order chi connectivity index (χ1) is 12.8. The third-order valence-corrected chi connectivity index (χ3v) is 4.68. The van der Waals surface area contributed by atoms with Gasteiger partial charge in [-0.15, -0.1) is 0 Å². The summed E-state index contributed by atoms with van der Waals surface area (Å²) in [4.78, 5) is 16.3. The van der Waals surface area contributed by atoms with Gasteiger partial charge < -0.3 is 11.1 Å². The van der Waals surface area contributed by atoms with Crippen molar-refractivity contribution in [3.63, 3.8) is 0 Å². The molecule has 10 heteroatoms. The van der Waals surface area contributed by atoms with Crippen molar-refractivity contribution in [3.05, 3.63) is 59.4 Å². The molecule has 140 valence electrons. The number of carbonyl (C=O) groups is 1. The second kappa shape index (κ2) is 9.38. The Hall–Kier alpha value is -2.59. The van der Waals surface area contributed by atoms with Crippen molar-refractivity contribution in [1.82, 2.24) is 0 Å². The molecule has 0 atom stereocenters. The van der Waals surface area contributed by atoms with Gasteiger partial charge in [0.25, 0.3) is 6.43 Å². The zero-order valence-electron chi connectivity index (χ0n) is 13.6. The monoisotopic (exact) mass is 410 g/mol. The van der Waals surface area contributed by atoms with Gasteiger partial charge in [-0.05, 0) is 35.7 Å². The zero-order valence-corrected chi connectivity index (χ0v) is 15.2. The van der Waals surface area contributed by atoms with Crippen molar-refractivity contribution >= 4 is 50.8 Å². The van der Waals surface area contributed by atoms with E-state index in [9.17, 15) is 18.0 Å². The number of nitrogens with one attached hydrogen (secondary N) is 2. The molecule has 0 saturated carbocycles. The Morgan fingerprint density at radius 2 is 1.89 bits per heavy atom. The van der Waals surface area contributed by atoms with Gasteiger partial charge in [0, 0.05) is 16.7 Å². The van der Waals surface area contributed by atoms with E-state index < -0.39 is 22.5 Å². The maximum absolute atomic E-state index is 14.2. The predicted octanol–water partition coefficient (Wildman–Crippen LogP) is 4.68. The highest BCUT2D eigenvalue weighted by Gasteiger charge is 2.16. The van der Waals surface area contributed by atoms with Crippen LogP contribution in [0.15, 0.2) is 52.4 Å². The number of amidine groups is 1. The van der Waals surface area contributed by atoms with E-state index in [0.29, 0.717) is 11.8 Å². The van der Waals surface area contributed by atoms with E-state index >= 15 is 0 Å². The van der Waals surface area contributed by atoms with Crippen LogP contribution < -0.4 is 5.73 Å². The van der Waals surface area contributed by atoms with Crippen LogP contribution >= 0.6 is 23.5 Å². The fraction of sp³-hybridized carbons (Fsp3) is 0.0588. The van der Waals surface area contributed by atoms with E-state index in [0.717, 1.165) is 17.8 Å². The number of hydrogen-bond acceptors (Lipinski definition) is 6. The van der Waals surface area contributed by atoms with E-state index in [1.165, 1.54) is 6.07 Å². The van der Waals surface area contributed by atoms with E-state index in [1.54, 1.807) is 30.3 Å². The molecule has 2 aromatic rings. The smallest absolute Gasteiger partial charge is 0.286 e. The molecule has 0 aliphatic rings. The Labute approximate surface area is 161 Å². The molecule has 0 aromatic heterocycles. The topological polar surface area (TPSA) is 103 Å². The van der Waals surface area contributed by atoms with Crippen LogP contribution in [0.4, 0.5) is 18.9 Å². The average Bonchev–Trinajstić information content (AvgIpc) is 2.62. The summed E-state index contributed by atoms with van der Waals surface area (Å²) in [7, 11) is 0. The lowest BCUT2D eigenvalue weighted by Crippen LogP contribution is -2.14. The molecule has 0 spiro atoms. The molecule has 2 rings (SSSR count). The van der Waals surface area contributed by atoms with Gasteiger partial charge in [0.05, 0.1) is 11.3 Å². The summed E-state index contributed by atoms with van der Waals surface area (Å²) >= 11 is 0.991. The standard InChI is InChI=1S/C17H13F3N4OS2/c18-12-6-10(26-16(25)9-4-2-1-3-5-9)7-13(11(12)8-21)24-17(23)27-15(22)14(19)20/h1-8,14,21-22H,(H2,23,24). The van der Waals surface area contributed by atoms with E-state index in [2.05, 4.69) is 4.99 Å². The van der Waals surface area contributed by atoms with Crippen LogP contribution in [0.3, 0.4) is 0 Å². The minimum absolute atomic E-state index is 0.0968. The number of rotatable bonds is 5. The molecule has 5 nitrogen and oxygen atoms in total. The van der Waals surface area contributed by atoms with Crippen molar-refractivity contribution in [2.24, 2.45) is 10.7 Å². The molecule has 0 aliphatic heterocycles. The summed E-state index contributed by atoms with van der Waals surface area (Å²) in [5.41, 5.74) is 5.64. The molecule has 2 aromatic carbocycles. The number of nitrogens with zero attached hydrogens (tertiary/aromatic N) is 1. The predicted molar refractivity (Wildman–Crippen MR) is 104 cm³/mol. The number of alkyl halides is 2. The first-order valence-corrected chi connectivity index (χ1v) is 8.95. The van der Waals surface area contributed by atoms with E-state index in [-0.39, 0.29) is 33.0 Å². The van der Waals surface area contributed by atoms with E-state index in [4.69, 9.17) is 16.6 Å². The quantitative estimate of drug-likeness (QED) is 0.378. The van der Waals surface area contributed by atoms with Crippen LogP contribution in [0, 0.1) is 16.6 Å². The van der Waals surface area contributed by atoms with Gasteiger partial charge in [-0.1, -0.05) is 30.3 Å². The summed E-state index contributed by atoms with van der Waals surface area (Å²) in [6.07, 6.45) is -2.30. The second-order valence-electron chi connectivity index (χ2n) is 4.95. The summed E-state index contributed by atoms with van der Waals surface area (Å²) in [5.74, 6) is -0.809. The lowest BCUT2D eigenvalue weighted by Gasteiger charge is -2.08. The average molecular weight is 410 g/mol. The molecular weight excluding hydrogens is 397 g/mol. The third-order valence-electron chi connectivity index (χ3n) is 3.09. The van der Waals surface area contributed by atoms with Crippen LogP contribution in [0.5, 0.6) is 0 Å². The summed E-state index contributed by atoms with van der Waals surface area (Å²) in [6.45, 7) is 0. The van der Waals surface area contributed by atoms with Crippen LogP contribution in [0.1, 0.15) is 15.9 Å². The number of hydrogen-bond donors (Lipinski definition) is 3. The molecule has 0 unspecified atom stereocenters. The molecule has 0 saturated heterocycles. The van der Waals surface area contributed by atoms with Gasteiger partial charge >= 0.3 is 0 Å². The van der Waals surface area contributed by atoms with Gasteiger partial charge in [-0.2, -0.15) is 0 Å². The lowest BCUT2D eigenvalue weighted by molar-refractivity contribution is 0.108. The number of aliphatic imine (C=N–C) groups is 1. The molecule has 27 heavy (non-hydrogen) atoms. The van der Waals surface area contributed by atoms with Crippen LogP contribution in [0.2, 0.25) is 0 Å². The van der Waals surface area contributed by atoms with Gasteiger partial charge in [-0.25, -0.2) is 18.2 Å². The van der Waals surface area contributed by atoms with Gasteiger partial charge in [-0.3, -0.25) is 10.2 Å².